The van der Waals surface area contributed by atoms with Gasteiger partial charge in [0.25, 0.3) is 0 Å². The van der Waals surface area contributed by atoms with Gasteiger partial charge >= 0.3 is 11.9 Å². The van der Waals surface area contributed by atoms with Gasteiger partial charge in [0.15, 0.2) is 12.4 Å². The van der Waals surface area contributed by atoms with Crippen LogP contribution in [0.4, 0.5) is 0 Å². The first-order chi connectivity index (χ1) is 37.6. The summed E-state index contributed by atoms with van der Waals surface area (Å²) in [5.41, 5.74) is 0. The molecule has 77 heavy (non-hydrogen) atoms. The number of carbonyl (C=O) groups excluding carboxylic acids is 3. The lowest BCUT2D eigenvalue weighted by Crippen LogP contribution is -2.44. The molecule has 0 aliphatic rings. The summed E-state index contributed by atoms with van der Waals surface area (Å²) in [7, 11) is 5.94. The third kappa shape index (κ3) is 61.2. The van der Waals surface area contributed by atoms with Gasteiger partial charge < -0.3 is 33.3 Å². The number of aliphatic carboxylic acids is 1. The van der Waals surface area contributed by atoms with Crippen molar-refractivity contribution in [2.45, 2.75) is 347 Å². The average Bonchev–Trinajstić information content (AvgIpc) is 3.40. The molecule has 0 rings (SSSR count). The largest absolute Gasteiger partial charge is 0.545 e. The van der Waals surface area contributed by atoms with Crippen molar-refractivity contribution in [3.05, 3.63) is 24.3 Å². The van der Waals surface area contributed by atoms with Gasteiger partial charge in [-0.1, -0.05) is 301 Å². The van der Waals surface area contributed by atoms with Gasteiger partial charge in [0.05, 0.1) is 40.3 Å². The minimum atomic E-state index is -1.62. The highest BCUT2D eigenvalue weighted by molar-refractivity contribution is 5.70. The molecule has 0 aromatic carbocycles. The van der Waals surface area contributed by atoms with Crippen LogP contribution in [0, 0.1) is 0 Å². The SMILES string of the molecule is CCCCCCC/C=C\C/C=C\CCCCCCCCCCCC(=O)OC(COC(=O)CCCCCCCCCCCCCCCCCCCCCCCCCCCCCCCCC)COC(OCC[N+](C)(C)C)C(=O)[O-]. The Labute approximate surface area is 478 Å². The predicted octanol–water partition coefficient (Wildman–Crippen LogP) is 18.9. The summed E-state index contributed by atoms with van der Waals surface area (Å²) in [4.78, 5) is 37.4. The molecule has 0 amide bonds. The number of unbranched alkanes of at least 4 members (excludes halogenated alkanes) is 44. The van der Waals surface area contributed by atoms with Crippen LogP contribution < -0.4 is 5.11 Å². The van der Waals surface area contributed by atoms with Gasteiger partial charge in [0.1, 0.15) is 13.2 Å². The number of carbonyl (C=O) groups is 3. The Bertz CT molecular complexity index is 1310. The maximum atomic E-state index is 12.9. The fraction of sp³-hybridized carbons (Fsp3) is 0.897. The molecule has 0 saturated heterocycles. The zero-order chi connectivity index (χ0) is 56.2. The Morgan fingerprint density at radius 1 is 0.390 bits per heavy atom. The summed E-state index contributed by atoms with van der Waals surface area (Å²) in [6, 6.07) is 0. The predicted molar refractivity (Wildman–Crippen MR) is 325 cm³/mol. The molecule has 0 fully saturated rings. The fourth-order valence-electron chi connectivity index (χ4n) is 10.0. The second-order valence-electron chi connectivity index (χ2n) is 24.1. The van der Waals surface area contributed by atoms with Crippen molar-refractivity contribution in [3.63, 3.8) is 0 Å². The van der Waals surface area contributed by atoms with Crippen LogP contribution >= 0.6 is 0 Å². The Kier molecular flexibility index (Phi) is 58.1. The quantitative estimate of drug-likeness (QED) is 0.0195. The van der Waals surface area contributed by atoms with Crippen molar-refractivity contribution >= 4 is 17.9 Å². The number of hydrogen-bond acceptors (Lipinski definition) is 8. The molecular weight excluding hydrogens is 959 g/mol. The van der Waals surface area contributed by atoms with Crippen LogP contribution in [0.2, 0.25) is 0 Å². The molecule has 0 spiro atoms. The topological polar surface area (TPSA) is 111 Å². The monoisotopic (exact) mass is 1090 g/mol. The Morgan fingerprint density at radius 2 is 0.701 bits per heavy atom. The lowest BCUT2D eigenvalue weighted by molar-refractivity contribution is -0.870. The minimum absolute atomic E-state index is 0.149. The molecule has 0 saturated carbocycles. The van der Waals surface area contributed by atoms with Crippen LogP contribution in [-0.2, 0) is 33.3 Å². The molecule has 0 aliphatic carbocycles. The second kappa shape index (κ2) is 59.9. The molecule has 0 aromatic rings. The molecule has 2 unspecified atom stereocenters. The Hall–Kier alpha value is -2.23. The van der Waals surface area contributed by atoms with Gasteiger partial charge in [-0.05, 0) is 44.9 Å². The van der Waals surface area contributed by atoms with Crippen LogP contribution in [0.15, 0.2) is 24.3 Å². The van der Waals surface area contributed by atoms with Gasteiger partial charge in [-0.15, -0.1) is 0 Å². The number of ether oxygens (including phenoxy) is 4. The standard InChI is InChI=1S/C68H129NO8/c1-6-8-10-12-14-16-18-20-22-24-26-28-29-30-31-32-33-34-35-36-37-39-40-42-44-46-48-50-52-54-56-58-65(70)75-62-64(63-76-68(67(72)73)74-61-60-69(3,4)5)77-66(71)59-57-55-53-51-49-47-45-43-41-38-27-25-23-21-19-17-15-13-11-9-7-2/h19,21,25,27,64,68H,6-18,20,22-24,26,28-63H2,1-5H3/b21-19-,27-25-. The molecule has 9 heteroatoms. The van der Waals surface area contributed by atoms with Gasteiger partial charge in [-0.2, -0.15) is 0 Å². The number of esters is 2. The number of nitrogens with zero attached hydrogens (tertiary/aromatic N) is 1. The highest BCUT2D eigenvalue weighted by atomic mass is 16.7. The number of carboxylic acid groups (broad SMARTS) is 1. The van der Waals surface area contributed by atoms with Crippen molar-refractivity contribution in [2.24, 2.45) is 0 Å². The lowest BCUT2D eigenvalue weighted by Gasteiger charge is -2.26. The third-order valence-electron chi connectivity index (χ3n) is 15.2. The van der Waals surface area contributed by atoms with Crippen LogP contribution in [-0.4, -0.2) is 82.3 Å². The van der Waals surface area contributed by atoms with Crippen molar-refractivity contribution in [1.82, 2.24) is 0 Å². The molecule has 9 nitrogen and oxygen atoms in total. The molecule has 0 radical (unpaired) electrons. The molecule has 0 aromatic heterocycles. The smallest absolute Gasteiger partial charge is 0.306 e. The van der Waals surface area contributed by atoms with Crippen molar-refractivity contribution in [1.29, 1.82) is 0 Å². The molecule has 2 atom stereocenters. The third-order valence-corrected chi connectivity index (χ3v) is 15.2. The zero-order valence-electron chi connectivity index (χ0n) is 51.9. The zero-order valence-corrected chi connectivity index (χ0v) is 51.9. The summed E-state index contributed by atoms with van der Waals surface area (Å²) in [6.45, 7) is 4.80. The normalized spacial score (nSPS) is 12.8. The van der Waals surface area contributed by atoms with E-state index in [1.807, 2.05) is 21.1 Å². The summed E-state index contributed by atoms with van der Waals surface area (Å²) in [5.74, 6) is -2.26. The number of rotatable bonds is 63. The summed E-state index contributed by atoms with van der Waals surface area (Å²) in [6.07, 6.45) is 69.7. The van der Waals surface area contributed by atoms with Crippen LogP contribution in [0.25, 0.3) is 0 Å². The van der Waals surface area contributed by atoms with Gasteiger partial charge in [-0.25, -0.2) is 0 Å². The van der Waals surface area contributed by atoms with Gasteiger partial charge in [0, 0.05) is 12.8 Å². The first kappa shape index (κ1) is 74.8. The lowest BCUT2D eigenvalue weighted by atomic mass is 10.0. The van der Waals surface area contributed by atoms with E-state index in [-0.39, 0.29) is 32.2 Å². The van der Waals surface area contributed by atoms with Crippen molar-refractivity contribution in [2.75, 3.05) is 47.5 Å². The van der Waals surface area contributed by atoms with E-state index in [4.69, 9.17) is 18.9 Å². The summed E-state index contributed by atoms with van der Waals surface area (Å²) < 4.78 is 22.8. The Morgan fingerprint density at radius 3 is 1.03 bits per heavy atom. The number of quaternary nitrogens is 1. The van der Waals surface area contributed by atoms with E-state index >= 15 is 0 Å². The van der Waals surface area contributed by atoms with E-state index < -0.39 is 24.3 Å². The minimum Gasteiger partial charge on any atom is -0.545 e. The van der Waals surface area contributed by atoms with Crippen LogP contribution in [0.3, 0.4) is 0 Å². The van der Waals surface area contributed by atoms with Crippen LogP contribution in [0.1, 0.15) is 335 Å². The first-order valence-electron chi connectivity index (χ1n) is 33.5. The molecule has 0 aliphatic heterocycles. The van der Waals surface area contributed by atoms with Crippen LogP contribution in [0.5, 0.6) is 0 Å². The van der Waals surface area contributed by atoms with E-state index in [2.05, 4.69) is 38.2 Å². The van der Waals surface area contributed by atoms with Gasteiger partial charge in [-0.3, -0.25) is 9.59 Å². The number of carboxylic acids is 1. The van der Waals surface area contributed by atoms with Gasteiger partial charge in [0.2, 0.25) is 0 Å². The van der Waals surface area contributed by atoms with E-state index in [0.717, 1.165) is 51.4 Å². The van der Waals surface area contributed by atoms with Crippen molar-refractivity contribution < 1.29 is 42.9 Å². The number of likely N-dealkylation sites (N-methyl/N-ethyl adjacent to an activating group) is 1. The molecule has 0 N–H and O–H groups in total. The van der Waals surface area contributed by atoms with E-state index in [9.17, 15) is 19.5 Å². The number of hydrogen-bond donors (Lipinski definition) is 0. The van der Waals surface area contributed by atoms with E-state index in [0.29, 0.717) is 23.9 Å². The highest BCUT2D eigenvalue weighted by Crippen LogP contribution is 2.18. The van der Waals surface area contributed by atoms with E-state index in [1.54, 1.807) is 0 Å². The molecular formula is C68H129NO8. The first-order valence-corrected chi connectivity index (χ1v) is 33.5. The summed E-state index contributed by atoms with van der Waals surface area (Å²) in [5, 5.41) is 11.8. The maximum absolute atomic E-state index is 12.9. The Balaban J connectivity index is 4.06. The fourth-order valence-corrected chi connectivity index (χ4v) is 10.0. The molecule has 0 bridgehead atoms. The molecule has 0 heterocycles. The number of allylic oxidation sites excluding steroid dienone is 4. The maximum Gasteiger partial charge on any atom is 0.306 e. The average molecular weight is 1090 g/mol. The highest BCUT2D eigenvalue weighted by Gasteiger charge is 2.22. The second-order valence-corrected chi connectivity index (χ2v) is 24.1. The molecule has 454 valence electrons. The summed E-state index contributed by atoms with van der Waals surface area (Å²) >= 11 is 0. The van der Waals surface area contributed by atoms with E-state index in [1.165, 1.54) is 250 Å². The van der Waals surface area contributed by atoms with Crippen molar-refractivity contribution in [3.8, 4) is 0 Å².